The summed E-state index contributed by atoms with van der Waals surface area (Å²) in [5.74, 6) is 0. The smallest absolute Gasteiger partial charge is 0.0810 e. The van der Waals surface area contributed by atoms with Crippen LogP contribution in [0.1, 0.15) is 0 Å². The molecular formula is C21H12Cl3N. The predicted molar refractivity (Wildman–Crippen MR) is 108 cm³/mol. The van der Waals surface area contributed by atoms with Crippen molar-refractivity contribution in [3.05, 3.63) is 88.0 Å². The summed E-state index contributed by atoms with van der Waals surface area (Å²) in [6, 6.07) is 21.4. The Bertz CT molecular complexity index is 1050. The predicted octanol–water partition coefficient (Wildman–Crippen LogP) is 7.53. The minimum Gasteiger partial charge on any atom is -0.255 e. The van der Waals surface area contributed by atoms with Gasteiger partial charge in [0.25, 0.3) is 0 Å². The molecule has 3 aromatic carbocycles. The zero-order valence-electron chi connectivity index (χ0n) is 13.0. The summed E-state index contributed by atoms with van der Waals surface area (Å²) in [7, 11) is 0. The van der Waals surface area contributed by atoms with E-state index in [1.165, 1.54) is 0 Å². The molecule has 0 aliphatic rings. The topological polar surface area (TPSA) is 12.9 Å². The number of pyridine rings is 1. The molecule has 1 nitrogen and oxygen atoms in total. The Morgan fingerprint density at radius 1 is 0.640 bits per heavy atom. The second kappa shape index (κ2) is 6.68. The van der Waals surface area contributed by atoms with Crippen molar-refractivity contribution in [2.45, 2.75) is 0 Å². The standard InChI is InChI=1S/C21H12Cl3N/c22-14-9-7-13(8-10-14)15-3-1-4-17-16(15)11-12-25-21(17)20-18(23)5-2-6-19(20)24/h1-12H. The number of benzene rings is 3. The quantitative estimate of drug-likeness (QED) is 0.348. The summed E-state index contributed by atoms with van der Waals surface area (Å²) in [5.41, 5.74) is 3.74. The lowest BCUT2D eigenvalue weighted by atomic mass is 9.96. The molecule has 0 amide bonds. The van der Waals surface area contributed by atoms with E-state index in [2.05, 4.69) is 11.1 Å². The molecule has 0 saturated carbocycles. The molecule has 0 radical (unpaired) electrons. The first-order chi connectivity index (χ1) is 12.1. The molecule has 4 heteroatoms. The molecule has 0 bridgehead atoms. The van der Waals surface area contributed by atoms with Crippen molar-refractivity contribution in [2.24, 2.45) is 0 Å². The first-order valence-corrected chi connectivity index (χ1v) is 8.86. The van der Waals surface area contributed by atoms with E-state index in [-0.39, 0.29) is 0 Å². The maximum Gasteiger partial charge on any atom is 0.0810 e. The van der Waals surface area contributed by atoms with Crippen LogP contribution < -0.4 is 0 Å². The van der Waals surface area contributed by atoms with Crippen molar-refractivity contribution in [3.8, 4) is 22.4 Å². The van der Waals surface area contributed by atoms with Gasteiger partial charge >= 0.3 is 0 Å². The highest BCUT2D eigenvalue weighted by atomic mass is 35.5. The molecule has 1 aromatic heterocycles. The molecule has 0 fully saturated rings. The third-order valence-corrected chi connectivity index (χ3v) is 5.04. The maximum atomic E-state index is 6.40. The lowest BCUT2D eigenvalue weighted by Gasteiger charge is -2.12. The summed E-state index contributed by atoms with van der Waals surface area (Å²) in [6.45, 7) is 0. The van der Waals surface area contributed by atoms with Crippen LogP contribution in [0.4, 0.5) is 0 Å². The number of rotatable bonds is 2. The fraction of sp³-hybridized carbons (Fsp3) is 0. The van der Waals surface area contributed by atoms with Crippen LogP contribution in [0.5, 0.6) is 0 Å². The minimum absolute atomic E-state index is 0.587. The first-order valence-electron chi connectivity index (χ1n) is 7.73. The third-order valence-electron chi connectivity index (χ3n) is 4.16. The Labute approximate surface area is 160 Å². The number of nitrogens with zero attached hydrogens (tertiary/aromatic N) is 1. The summed E-state index contributed by atoms with van der Waals surface area (Å²) < 4.78 is 0. The number of hydrogen-bond acceptors (Lipinski definition) is 1. The molecular weight excluding hydrogens is 373 g/mol. The molecule has 0 aliphatic carbocycles. The molecule has 1 heterocycles. The van der Waals surface area contributed by atoms with Crippen LogP contribution >= 0.6 is 34.8 Å². The van der Waals surface area contributed by atoms with Crippen LogP contribution in [0.25, 0.3) is 33.2 Å². The molecule has 4 aromatic rings. The minimum atomic E-state index is 0.587. The highest BCUT2D eigenvalue weighted by Crippen LogP contribution is 2.39. The van der Waals surface area contributed by atoms with E-state index >= 15 is 0 Å². The summed E-state index contributed by atoms with van der Waals surface area (Å²) in [6.07, 6.45) is 1.79. The fourth-order valence-electron chi connectivity index (χ4n) is 3.01. The van der Waals surface area contributed by atoms with E-state index in [1.54, 1.807) is 6.20 Å². The Morgan fingerprint density at radius 3 is 2.04 bits per heavy atom. The fourth-order valence-corrected chi connectivity index (χ4v) is 3.71. The average molecular weight is 385 g/mol. The van der Waals surface area contributed by atoms with Gasteiger partial charge in [-0.15, -0.1) is 0 Å². The monoisotopic (exact) mass is 383 g/mol. The molecule has 0 atom stereocenters. The van der Waals surface area contributed by atoms with E-state index in [9.17, 15) is 0 Å². The molecule has 25 heavy (non-hydrogen) atoms. The van der Waals surface area contributed by atoms with Crippen molar-refractivity contribution >= 4 is 45.6 Å². The van der Waals surface area contributed by atoms with Gasteiger partial charge in [0.15, 0.2) is 0 Å². The van der Waals surface area contributed by atoms with Gasteiger partial charge in [0.1, 0.15) is 0 Å². The van der Waals surface area contributed by atoms with Gasteiger partial charge in [0.05, 0.1) is 15.7 Å². The van der Waals surface area contributed by atoms with Gasteiger partial charge in [-0.3, -0.25) is 4.98 Å². The number of hydrogen-bond donors (Lipinski definition) is 0. The number of halogens is 3. The van der Waals surface area contributed by atoms with Gasteiger partial charge in [-0.05, 0) is 46.8 Å². The van der Waals surface area contributed by atoms with Crippen molar-refractivity contribution in [3.63, 3.8) is 0 Å². The normalized spacial score (nSPS) is 11.0. The van der Waals surface area contributed by atoms with Crippen molar-refractivity contribution in [2.75, 3.05) is 0 Å². The number of aromatic nitrogens is 1. The van der Waals surface area contributed by atoms with Gasteiger partial charge in [0.2, 0.25) is 0 Å². The van der Waals surface area contributed by atoms with Gasteiger partial charge in [0, 0.05) is 22.2 Å². The van der Waals surface area contributed by atoms with Gasteiger partial charge in [-0.25, -0.2) is 0 Å². The van der Waals surface area contributed by atoms with E-state index in [4.69, 9.17) is 34.8 Å². The van der Waals surface area contributed by atoms with E-state index in [0.29, 0.717) is 15.1 Å². The summed E-state index contributed by atoms with van der Waals surface area (Å²) in [5, 5.41) is 3.98. The lowest BCUT2D eigenvalue weighted by molar-refractivity contribution is 1.36. The average Bonchev–Trinajstić information content (AvgIpc) is 2.62. The Hall–Kier alpha value is -2.06. The molecule has 0 aliphatic heterocycles. The van der Waals surface area contributed by atoms with E-state index < -0.39 is 0 Å². The van der Waals surface area contributed by atoms with Crippen LogP contribution in [0.15, 0.2) is 72.9 Å². The van der Waals surface area contributed by atoms with Gasteiger partial charge in [-0.1, -0.05) is 71.2 Å². The van der Waals surface area contributed by atoms with Crippen molar-refractivity contribution in [1.82, 2.24) is 4.98 Å². The Balaban J connectivity index is 2.01. The maximum absolute atomic E-state index is 6.40. The van der Waals surface area contributed by atoms with E-state index in [0.717, 1.165) is 33.2 Å². The highest BCUT2D eigenvalue weighted by Gasteiger charge is 2.14. The van der Waals surface area contributed by atoms with Crippen molar-refractivity contribution in [1.29, 1.82) is 0 Å². The molecule has 0 saturated heterocycles. The van der Waals surface area contributed by atoms with Crippen LogP contribution in [0.3, 0.4) is 0 Å². The zero-order valence-corrected chi connectivity index (χ0v) is 15.3. The largest absolute Gasteiger partial charge is 0.255 e. The molecule has 122 valence electrons. The summed E-state index contributed by atoms with van der Waals surface area (Å²) in [4.78, 5) is 4.56. The first kappa shape index (κ1) is 16.4. The van der Waals surface area contributed by atoms with Gasteiger partial charge < -0.3 is 0 Å². The second-order valence-corrected chi connectivity index (χ2v) is 6.91. The Morgan fingerprint density at radius 2 is 1.32 bits per heavy atom. The van der Waals surface area contributed by atoms with Crippen LogP contribution in [0.2, 0.25) is 15.1 Å². The van der Waals surface area contributed by atoms with E-state index in [1.807, 2.05) is 60.7 Å². The molecule has 4 rings (SSSR count). The molecule has 0 spiro atoms. The second-order valence-electron chi connectivity index (χ2n) is 5.66. The zero-order chi connectivity index (χ0) is 17.4. The Kier molecular flexibility index (Phi) is 4.39. The molecule has 0 unspecified atom stereocenters. The van der Waals surface area contributed by atoms with Crippen molar-refractivity contribution < 1.29 is 0 Å². The highest BCUT2D eigenvalue weighted by molar-refractivity contribution is 6.39. The lowest BCUT2D eigenvalue weighted by Crippen LogP contribution is -1.90. The SMILES string of the molecule is Clc1ccc(-c2cccc3c(-c4c(Cl)cccc4Cl)nccc23)cc1. The summed E-state index contributed by atoms with van der Waals surface area (Å²) >= 11 is 18.8. The van der Waals surface area contributed by atoms with Crippen LogP contribution in [0, 0.1) is 0 Å². The van der Waals surface area contributed by atoms with Crippen LogP contribution in [-0.4, -0.2) is 4.98 Å². The van der Waals surface area contributed by atoms with Gasteiger partial charge in [-0.2, -0.15) is 0 Å². The third kappa shape index (κ3) is 3.00. The van der Waals surface area contributed by atoms with Crippen LogP contribution in [-0.2, 0) is 0 Å². The number of fused-ring (bicyclic) bond motifs is 1. The molecule has 0 N–H and O–H groups in total.